The second-order valence-electron chi connectivity index (χ2n) is 9.07. The number of amides is 1. The highest BCUT2D eigenvalue weighted by Gasteiger charge is 2.22. The molecule has 7 heteroatoms. The number of carboxylic acid groups (broad SMARTS) is 1. The number of aliphatic carboxylic acids is 1. The van der Waals surface area contributed by atoms with Gasteiger partial charge in [-0.05, 0) is 24.3 Å². The third-order valence-corrected chi connectivity index (χ3v) is 5.31. The van der Waals surface area contributed by atoms with Crippen LogP contribution < -0.4 is 10.1 Å². The van der Waals surface area contributed by atoms with E-state index in [2.05, 4.69) is 31.1 Å². The molecule has 1 aromatic carbocycles. The van der Waals surface area contributed by atoms with Gasteiger partial charge in [0.25, 0.3) is 0 Å². The number of hydrogen-bond acceptors (Lipinski definition) is 5. The van der Waals surface area contributed by atoms with Crippen LogP contribution in [-0.4, -0.2) is 26.7 Å². The molecule has 0 radical (unpaired) electrons. The lowest BCUT2D eigenvalue weighted by atomic mass is 9.95. The quantitative estimate of drug-likeness (QED) is 0.601. The minimum Gasteiger partial charge on any atom is -0.481 e. The molecule has 0 bridgehead atoms. The first-order valence-corrected chi connectivity index (χ1v) is 10.8. The lowest BCUT2D eigenvalue weighted by Crippen LogP contribution is -2.27. The van der Waals surface area contributed by atoms with E-state index in [4.69, 9.17) is 9.84 Å². The maximum atomic E-state index is 12.4. The van der Waals surface area contributed by atoms with Crippen molar-refractivity contribution in [3.63, 3.8) is 0 Å². The molecular weight excluding hydrogens is 400 g/mol. The number of benzene rings is 1. The molecule has 162 valence electrons. The summed E-state index contributed by atoms with van der Waals surface area (Å²) in [5, 5.41) is 11.9. The number of nitrogens with one attached hydrogen (secondary N) is 1. The van der Waals surface area contributed by atoms with Gasteiger partial charge < -0.3 is 15.2 Å². The Kier molecular flexibility index (Phi) is 7.53. The number of carbonyl (C=O) groups excluding carboxylic acids is 1. The number of aromatic nitrogens is 1. The van der Waals surface area contributed by atoms with E-state index in [0.717, 1.165) is 5.56 Å². The van der Waals surface area contributed by atoms with Gasteiger partial charge in [0.1, 0.15) is 5.75 Å². The summed E-state index contributed by atoms with van der Waals surface area (Å²) >= 11 is 1.77. The summed E-state index contributed by atoms with van der Waals surface area (Å²) in [5.74, 6) is 0.643. The Morgan fingerprint density at radius 3 is 2.40 bits per heavy atom. The predicted molar refractivity (Wildman–Crippen MR) is 121 cm³/mol. The van der Waals surface area contributed by atoms with Gasteiger partial charge in [0.05, 0.1) is 12.1 Å². The van der Waals surface area contributed by atoms with Crippen LogP contribution in [0.4, 0.5) is 5.69 Å². The third kappa shape index (κ3) is 7.71. The van der Waals surface area contributed by atoms with Crippen LogP contribution in [0.2, 0.25) is 0 Å². The van der Waals surface area contributed by atoms with E-state index in [0.29, 0.717) is 28.8 Å². The van der Waals surface area contributed by atoms with Crippen molar-refractivity contribution >= 4 is 29.3 Å². The van der Waals surface area contributed by atoms with Crippen molar-refractivity contribution in [3.8, 4) is 11.6 Å². The molecule has 0 saturated heterocycles. The van der Waals surface area contributed by atoms with E-state index >= 15 is 0 Å². The highest BCUT2D eigenvalue weighted by molar-refractivity contribution is 7.99. The molecule has 0 aliphatic rings. The summed E-state index contributed by atoms with van der Waals surface area (Å²) in [6.45, 7) is 12.0. The summed E-state index contributed by atoms with van der Waals surface area (Å²) in [4.78, 5) is 27.6. The van der Waals surface area contributed by atoms with Crippen LogP contribution >= 0.6 is 11.8 Å². The Morgan fingerprint density at radius 1 is 1.10 bits per heavy atom. The van der Waals surface area contributed by atoms with Crippen LogP contribution in [0.3, 0.4) is 0 Å². The molecule has 1 amide bonds. The van der Waals surface area contributed by atoms with E-state index in [9.17, 15) is 9.59 Å². The fourth-order valence-corrected chi connectivity index (χ4v) is 3.18. The molecule has 6 nitrogen and oxygen atoms in total. The molecule has 0 aliphatic carbocycles. The van der Waals surface area contributed by atoms with E-state index in [1.807, 2.05) is 32.9 Å². The molecule has 30 heavy (non-hydrogen) atoms. The minimum atomic E-state index is -0.944. The molecule has 2 aromatic rings. The number of carbonyl (C=O) groups is 2. The van der Waals surface area contributed by atoms with Crippen molar-refractivity contribution in [2.45, 2.75) is 58.5 Å². The first kappa shape index (κ1) is 23.7. The zero-order valence-electron chi connectivity index (χ0n) is 18.4. The number of anilines is 1. The second-order valence-corrected chi connectivity index (χ2v) is 10.9. The zero-order chi connectivity index (χ0) is 22.5. The first-order chi connectivity index (χ1) is 13.8. The number of ether oxygens (including phenoxy) is 1. The Hall–Kier alpha value is -2.54. The summed E-state index contributed by atoms with van der Waals surface area (Å²) in [5.41, 5.74) is 1.57. The molecule has 1 heterocycles. The van der Waals surface area contributed by atoms with Gasteiger partial charge >= 0.3 is 5.97 Å². The molecular formula is C23H30N2O4S. The Bertz CT molecular complexity index is 914. The molecule has 0 unspecified atom stereocenters. The second kappa shape index (κ2) is 9.51. The lowest BCUT2D eigenvalue weighted by Gasteiger charge is -2.21. The van der Waals surface area contributed by atoms with E-state index in [-0.39, 0.29) is 17.1 Å². The Balaban J connectivity index is 2.30. The fraction of sp³-hybridized carbons (Fsp3) is 0.435. The molecule has 0 aliphatic heterocycles. The topological polar surface area (TPSA) is 88.5 Å². The number of hydrogen-bond donors (Lipinski definition) is 2. The van der Waals surface area contributed by atoms with Crippen LogP contribution in [0.15, 0.2) is 36.4 Å². The van der Waals surface area contributed by atoms with Crippen LogP contribution in [0.5, 0.6) is 11.6 Å². The fourth-order valence-electron chi connectivity index (χ4n) is 2.36. The van der Waals surface area contributed by atoms with Gasteiger partial charge in [-0.15, -0.1) is 0 Å². The average Bonchev–Trinajstić information content (AvgIpc) is 2.60. The highest BCUT2D eigenvalue weighted by atomic mass is 32.2. The van der Waals surface area contributed by atoms with Crippen LogP contribution in [0.25, 0.3) is 0 Å². The number of carboxylic acids is 1. The van der Waals surface area contributed by atoms with Crippen molar-refractivity contribution in [2.24, 2.45) is 5.41 Å². The van der Waals surface area contributed by atoms with Gasteiger partial charge in [-0.2, -0.15) is 11.8 Å². The van der Waals surface area contributed by atoms with Crippen LogP contribution in [0, 0.1) is 5.41 Å². The number of pyridine rings is 1. The SMILES string of the molecule is CC(C)(C)SCc1cc(NC(=O)C(C)(C)C)ccc1Oc1cccc(CC(=O)O)n1. The van der Waals surface area contributed by atoms with E-state index < -0.39 is 11.4 Å². The predicted octanol–water partition coefficient (Wildman–Crippen LogP) is 5.52. The Morgan fingerprint density at radius 2 is 1.80 bits per heavy atom. The zero-order valence-corrected chi connectivity index (χ0v) is 19.2. The first-order valence-electron chi connectivity index (χ1n) is 9.77. The molecule has 1 aromatic heterocycles. The summed E-state index contributed by atoms with van der Waals surface area (Å²) < 4.78 is 6.05. The largest absolute Gasteiger partial charge is 0.481 e. The smallest absolute Gasteiger partial charge is 0.309 e. The summed E-state index contributed by atoms with van der Waals surface area (Å²) in [6.07, 6.45) is -0.165. The van der Waals surface area contributed by atoms with Gasteiger partial charge in [0.15, 0.2) is 0 Å². The standard InChI is InChI=1S/C23H30N2O4S/c1-22(2,3)21(28)25-17-10-11-18(15(12-17)14-30-23(4,5)6)29-19-9-7-8-16(24-19)13-20(26)27/h7-12H,13-14H2,1-6H3,(H,25,28)(H,26,27). The average molecular weight is 431 g/mol. The van der Waals surface area contributed by atoms with E-state index in [1.165, 1.54) is 0 Å². The van der Waals surface area contributed by atoms with Crippen LogP contribution in [-0.2, 0) is 21.8 Å². The molecule has 2 N–H and O–H groups in total. The van der Waals surface area contributed by atoms with Crippen molar-refractivity contribution in [2.75, 3.05) is 5.32 Å². The minimum absolute atomic E-state index is 0.0571. The molecule has 0 fully saturated rings. The van der Waals surface area contributed by atoms with E-state index in [1.54, 1.807) is 36.0 Å². The number of thioether (sulfide) groups is 1. The normalized spacial score (nSPS) is 11.8. The van der Waals surface area contributed by atoms with Gasteiger partial charge in [0, 0.05) is 33.2 Å². The van der Waals surface area contributed by atoms with Crippen molar-refractivity contribution in [1.29, 1.82) is 0 Å². The van der Waals surface area contributed by atoms with Crippen LogP contribution in [0.1, 0.15) is 52.8 Å². The molecule has 2 rings (SSSR count). The number of nitrogens with zero attached hydrogens (tertiary/aromatic N) is 1. The third-order valence-electron chi connectivity index (χ3n) is 3.99. The van der Waals surface area contributed by atoms with Gasteiger partial charge in [0.2, 0.25) is 11.8 Å². The molecule has 0 saturated carbocycles. The molecule has 0 atom stereocenters. The maximum Gasteiger partial charge on any atom is 0.309 e. The van der Waals surface area contributed by atoms with Gasteiger partial charge in [-0.25, -0.2) is 4.98 Å². The van der Waals surface area contributed by atoms with Gasteiger partial charge in [-0.1, -0.05) is 47.6 Å². The van der Waals surface area contributed by atoms with Crippen molar-refractivity contribution in [3.05, 3.63) is 47.7 Å². The highest BCUT2D eigenvalue weighted by Crippen LogP contribution is 2.34. The molecule has 0 spiro atoms. The monoisotopic (exact) mass is 430 g/mol. The maximum absolute atomic E-state index is 12.4. The summed E-state index contributed by atoms with van der Waals surface area (Å²) in [7, 11) is 0. The summed E-state index contributed by atoms with van der Waals surface area (Å²) in [6, 6.07) is 10.6. The van der Waals surface area contributed by atoms with Gasteiger partial charge in [-0.3, -0.25) is 9.59 Å². The van der Waals surface area contributed by atoms with Crippen molar-refractivity contribution in [1.82, 2.24) is 4.98 Å². The number of rotatable bonds is 7. The lowest BCUT2D eigenvalue weighted by molar-refractivity contribution is -0.136. The van der Waals surface area contributed by atoms with Crippen molar-refractivity contribution < 1.29 is 19.4 Å². The Labute approximate surface area is 182 Å².